The lowest BCUT2D eigenvalue weighted by molar-refractivity contribution is 0.381. The molecule has 0 saturated carbocycles. The summed E-state index contributed by atoms with van der Waals surface area (Å²) in [5.74, 6) is 2.02. The number of imidazole rings is 1. The Morgan fingerprint density at radius 2 is 1.86 bits per heavy atom. The number of ether oxygens (including phenoxy) is 3. The second-order valence-corrected chi connectivity index (χ2v) is 4.24. The third-order valence-corrected chi connectivity index (χ3v) is 3.06. The summed E-state index contributed by atoms with van der Waals surface area (Å²) in [4.78, 5) is 15.8. The number of hydrogen-bond acceptors (Lipinski definition) is 6. The maximum Gasteiger partial charge on any atom is 0.318 e. The predicted molar refractivity (Wildman–Crippen MR) is 76.8 cm³/mol. The molecule has 3 aromatic rings. The number of methoxy groups -OCH3 is 3. The molecule has 0 aliphatic heterocycles. The summed E-state index contributed by atoms with van der Waals surface area (Å²) >= 11 is 0. The fraction of sp³-hybridized carbons (Fsp3) is 0.214. The Kier molecular flexibility index (Phi) is 3.31. The van der Waals surface area contributed by atoms with Crippen molar-refractivity contribution in [2.45, 2.75) is 0 Å². The van der Waals surface area contributed by atoms with Crippen LogP contribution < -0.4 is 14.2 Å². The van der Waals surface area contributed by atoms with E-state index in [9.17, 15) is 0 Å². The topological polar surface area (TPSA) is 82.2 Å². The molecule has 7 nitrogen and oxygen atoms in total. The molecule has 108 valence electrons. The fourth-order valence-corrected chi connectivity index (χ4v) is 2.01. The van der Waals surface area contributed by atoms with Crippen LogP contribution in [0.3, 0.4) is 0 Å². The molecule has 0 aliphatic carbocycles. The van der Waals surface area contributed by atoms with Crippen LogP contribution in [0.15, 0.2) is 24.4 Å². The first-order valence-electron chi connectivity index (χ1n) is 6.24. The number of nitrogens with one attached hydrogen (secondary N) is 1. The minimum absolute atomic E-state index is 0.291. The lowest BCUT2D eigenvalue weighted by Crippen LogP contribution is -1.91. The van der Waals surface area contributed by atoms with Crippen LogP contribution >= 0.6 is 0 Å². The molecule has 0 unspecified atom stereocenters. The number of H-pyrrole nitrogens is 1. The highest BCUT2D eigenvalue weighted by Crippen LogP contribution is 2.32. The van der Waals surface area contributed by atoms with Crippen molar-refractivity contribution in [3.05, 3.63) is 24.4 Å². The zero-order chi connectivity index (χ0) is 14.8. The molecule has 7 heteroatoms. The Balaban J connectivity index is 2.11. The molecule has 3 rings (SSSR count). The van der Waals surface area contributed by atoms with E-state index in [4.69, 9.17) is 14.2 Å². The number of rotatable bonds is 4. The van der Waals surface area contributed by atoms with Gasteiger partial charge in [0, 0.05) is 6.07 Å². The summed E-state index contributed by atoms with van der Waals surface area (Å²) in [6.45, 7) is 0. The SMILES string of the molecule is COc1ccc(-c2nc3cnc(OC)nc3[nH]2)c(OC)c1. The van der Waals surface area contributed by atoms with Gasteiger partial charge in [0.25, 0.3) is 0 Å². The number of hydrogen-bond donors (Lipinski definition) is 1. The molecule has 0 atom stereocenters. The Morgan fingerprint density at radius 1 is 1.00 bits per heavy atom. The summed E-state index contributed by atoms with van der Waals surface area (Å²) in [5, 5.41) is 0. The maximum atomic E-state index is 5.38. The lowest BCUT2D eigenvalue weighted by Gasteiger charge is -2.08. The zero-order valence-electron chi connectivity index (χ0n) is 11.9. The van der Waals surface area contributed by atoms with Crippen molar-refractivity contribution in [2.24, 2.45) is 0 Å². The van der Waals surface area contributed by atoms with E-state index in [1.165, 1.54) is 7.11 Å². The number of benzene rings is 1. The Bertz CT molecular complexity index is 785. The number of nitrogens with zero attached hydrogens (tertiary/aromatic N) is 3. The maximum absolute atomic E-state index is 5.38. The molecule has 2 heterocycles. The fourth-order valence-electron chi connectivity index (χ4n) is 2.01. The first-order chi connectivity index (χ1) is 10.2. The van der Waals surface area contributed by atoms with E-state index in [2.05, 4.69) is 19.9 Å². The quantitative estimate of drug-likeness (QED) is 0.790. The highest BCUT2D eigenvalue weighted by atomic mass is 16.5. The molecule has 0 spiro atoms. The van der Waals surface area contributed by atoms with Crippen LogP contribution in [0.25, 0.3) is 22.6 Å². The Hall–Kier alpha value is -2.83. The van der Waals surface area contributed by atoms with Crippen LogP contribution in [0, 0.1) is 0 Å². The molecule has 0 radical (unpaired) electrons. The molecule has 1 aromatic carbocycles. The average molecular weight is 286 g/mol. The predicted octanol–water partition coefficient (Wildman–Crippen LogP) is 2.05. The monoisotopic (exact) mass is 286 g/mol. The van der Waals surface area contributed by atoms with Gasteiger partial charge < -0.3 is 19.2 Å². The second-order valence-electron chi connectivity index (χ2n) is 4.24. The normalized spacial score (nSPS) is 10.6. The zero-order valence-corrected chi connectivity index (χ0v) is 11.9. The van der Waals surface area contributed by atoms with E-state index in [0.29, 0.717) is 34.5 Å². The first kappa shape index (κ1) is 13.2. The molecule has 21 heavy (non-hydrogen) atoms. The average Bonchev–Trinajstić information content (AvgIpc) is 2.96. The molecule has 0 bridgehead atoms. The van der Waals surface area contributed by atoms with Gasteiger partial charge in [-0.2, -0.15) is 4.98 Å². The van der Waals surface area contributed by atoms with Crippen molar-refractivity contribution in [3.8, 4) is 28.9 Å². The third kappa shape index (κ3) is 2.33. The summed E-state index contributed by atoms with van der Waals surface area (Å²) in [6, 6.07) is 5.81. The van der Waals surface area contributed by atoms with Crippen LogP contribution in [-0.4, -0.2) is 41.3 Å². The van der Waals surface area contributed by atoms with Crippen molar-refractivity contribution in [1.29, 1.82) is 0 Å². The van der Waals surface area contributed by atoms with E-state index < -0.39 is 0 Å². The molecule has 2 aromatic heterocycles. The van der Waals surface area contributed by atoms with Gasteiger partial charge in [0.15, 0.2) is 5.65 Å². The smallest absolute Gasteiger partial charge is 0.318 e. The standard InChI is InChI=1S/C14H14N4O3/c1-19-8-4-5-9(11(6-8)20-2)12-16-10-7-15-14(21-3)18-13(10)17-12/h4-7H,1-3H3,(H,15,16,17,18). The summed E-state index contributed by atoms with van der Waals surface area (Å²) in [7, 11) is 4.73. The highest BCUT2D eigenvalue weighted by molar-refractivity contribution is 5.77. The van der Waals surface area contributed by atoms with Gasteiger partial charge in [-0.05, 0) is 12.1 Å². The highest BCUT2D eigenvalue weighted by Gasteiger charge is 2.13. The molecule has 1 N–H and O–H groups in total. The van der Waals surface area contributed by atoms with Crippen molar-refractivity contribution in [1.82, 2.24) is 19.9 Å². The van der Waals surface area contributed by atoms with Crippen LogP contribution in [0.1, 0.15) is 0 Å². The Morgan fingerprint density at radius 3 is 2.57 bits per heavy atom. The van der Waals surface area contributed by atoms with Gasteiger partial charge in [-0.1, -0.05) is 0 Å². The van der Waals surface area contributed by atoms with E-state index in [1.54, 1.807) is 26.5 Å². The first-order valence-corrected chi connectivity index (χ1v) is 6.24. The van der Waals surface area contributed by atoms with Crippen LogP contribution in [0.2, 0.25) is 0 Å². The van der Waals surface area contributed by atoms with E-state index >= 15 is 0 Å². The van der Waals surface area contributed by atoms with Gasteiger partial charge in [-0.15, -0.1) is 0 Å². The van der Waals surface area contributed by atoms with E-state index in [-0.39, 0.29) is 0 Å². The Labute approximate surface area is 120 Å². The summed E-state index contributed by atoms with van der Waals surface area (Å²) < 4.78 is 15.6. The molecular formula is C14H14N4O3. The van der Waals surface area contributed by atoms with Crippen molar-refractivity contribution >= 4 is 11.2 Å². The molecular weight excluding hydrogens is 272 g/mol. The van der Waals surface area contributed by atoms with Crippen molar-refractivity contribution in [2.75, 3.05) is 21.3 Å². The minimum Gasteiger partial charge on any atom is -0.497 e. The lowest BCUT2D eigenvalue weighted by atomic mass is 10.2. The van der Waals surface area contributed by atoms with E-state index in [1.807, 2.05) is 12.1 Å². The summed E-state index contributed by atoms with van der Waals surface area (Å²) in [6.07, 6.45) is 1.61. The van der Waals surface area contributed by atoms with Gasteiger partial charge in [0.1, 0.15) is 22.8 Å². The van der Waals surface area contributed by atoms with Gasteiger partial charge in [-0.25, -0.2) is 9.97 Å². The third-order valence-electron chi connectivity index (χ3n) is 3.06. The number of fused-ring (bicyclic) bond motifs is 1. The van der Waals surface area contributed by atoms with Gasteiger partial charge >= 0.3 is 6.01 Å². The van der Waals surface area contributed by atoms with Gasteiger partial charge in [0.2, 0.25) is 0 Å². The minimum atomic E-state index is 0.291. The van der Waals surface area contributed by atoms with Gasteiger partial charge in [-0.3, -0.25) is 0 Å². The van der Waals surface area contributed by atoms with Gasteiger partial charge in [0.05, 0.1) is 33.1 Å². The number of aromatic nitrogens is 4. The van der Waals surface area contributed by atoms with Crippen molar-refractivity contribution < 1.29 is 14.2 Å². The number of aromatic amines is 1. The molecule has 0 amide bonds. The van der Waals surface area contributed by atoms with Crippen molar-refractivity contribution in [3.63, 3.8) is 0 Å². The largest absolute Gasteiger partial charge is 0.497 e. The second kappa shape index (κ2) is 5.28. The van der Waals surface area contributed by atoms with Crippen LogP contribution in [0.4, 0.5) is 0 Å². The molecule has 0 saturated heterocycles. The molecule has 0 fully saturated rings. The summed E-state index contributed by atoms with van der Waals surface area (Å²) in [5.41, 5.74) is 2.08. The van der Waals surface area contributed by atoms with E-state index in [0.717, 1.165) is 5.56 Å². The molecule has 0 aliphatic rings. The van der Waals surface area contributed by atoms with Crippen LogP contribution in [0.5, 0.6) is 17.5 Å². The van der Waals surface area contributed by atoms with Crippen LogP contribution in [-0.2, 0) is 0 Å².